The lowest BCUT2D eigenvalue weighted by Crippen LogP contribution is -2.04. The van der Waals surface area contributed by atoms with Crippen LogP contribution in [0.15, 0.2) is 36.4 Å². The molecule has 0 unspecified atom stereocenters. The number of nitrogen functional groups attached to an aromatic ring is 2. The van der Waals surface area contributed by atoms with Crippen molar-refractivity contribution in [3.8, 4) is 17.1 Å². The maximum absolute atomic E-state index is 13.9. The maximum Gasteiger partial charge on any atom is 0.187 e. The lowest BCUT2D eigenvalue weighted by molar-refractivity contribution is 0.501. The van der Waals surface area contributed by atoms with Crippen LogP contribution in [0.4, 0.5) is 20.2 Å². The molecule has 0 bridgehead atoms. The monoisotopic (exact) mass is 288 g/mol. The number of nitrogens with zero attached hydrogens (tertiary/aromatic N) is 4. The van der Waals surface area contributed by atoms with Crippen molar-refractivity contribution in [1.29, 1.82) is 0 Å². The topological polar surface area (TPSA) is 95.6 Å². The molecule has 1 heterocycles. The zero-order chi connectivity index (χ0) is 15.0. The fourth-order valence-corrected chi connectivity index (χ4v) is 1.99. The van der Waals surface area contributed by atoms with E-state index in [4.69, 9.17) is 11.5 Å². The molecule has 1 aromatic heterocycles. The number of hydrogen-bond donors (Lipinski definition) is 2. The molecule has 21 heavy (non-hydrogen) atoms. The Morgan fingerprint density at radius 3 is 2.43 bits per heavy atom. The number of tetrazole rings is 1. The fourth-order valence-electron chi connectivity index (χ4n) is 1.99. The predicted molar refractivity (Wildman–Crippen MR) is 73.3 cm³/mol. The molecule has 0 fully saturated rings. The van der Waals surface area contributed by atoms with Crippen LogP contribution in [-0.4, -0.2) is 20.2 Å². The quantitative estimate of drug-likeness (QED) is 0.701. The standard InChI is InChI=1S/C13H10F2N6/c14-10-2-1-3-11(12(10)15)21-13(18-19-20-21)7-4-8(16)6-9(17)5-7/h1-6H,16-17H2. The molecular formula is C13H10F2N6. The SMILES string of the molecule is Nc1cc(N)cc(-c2nnnn2-c2cccc(F)c2F)c1. The summed E-state index contributed by atoms with van der Waals surface area (Å²) in [5, 5.41) is 11.0. The molecule has 0 saturated carbocycles. The van der Waals surface area contributed by atoms with E-state index in [0.717, 1.165) is 10.7 Å². The van der Waals surface area contributed by atoms with Gasteiger partial charge in [0, 0.05) is 16.9 Å². The van der Waals surface area contributed by atoms with E-state index in [2.05, 4.69) is 15.5 Å². The fraction of sp³-hybridized carbons (Fsp3) is 0. The molecule has 0 radical (unpaired) electrons. The van der Waals surface area contributed by atoms with Gasteiger partial charge in [0.15, 0.2) is 17.5 Å². The van der Waals surface area contributed by atoms with Gasteiger partial charge >= 0.3 is 0 Å². The molecule has 3 rings (SSSR count). The summed E-state index contributed by atoms with van der Waals surface area (Å²) in [5.74, 6) is -1.82. The van der Waals surface area contributed by atoms with Crippen molar-refractivity contribution >= 4 is 11.4 Å². The molecule has 0 amide bonds. The summed E-state index contributed by atoms with van der Waals surface area (Å²) >= 11 is 0. The first-order valence-corrected chi connectivity index (χ1v) is 5.95. The number of halogens is 2. The third-order valence-electron chi connectivity index (χ3n) is 2.86. The van der Waals surface area contributed by atoms with Gasteiger partial charge in [0.05, 0.1) is 0 Å². The van der Waals surface area contributed by atoms with Crippen LogP contribution in [0, 0.1) is 11.6 Å². The second kappa shape index (κ2) is 4.82. The lowest BCUT2D eigenvalue weighted by Gasteiger charge is -2.07. The van der Waals surface area contributed by atoms with Crippen LogP contribution in [0.5, 0.6) is 0 Å². The molecule has 0 atom stereocenters. The molecular weight excluding hydrogens is 278 g/mol. The second-order valence-corrected chi connectivity index (χ2v) is 4.38. The zero-order valence-electron chi connectivity index (χ0n) is 10.7. The van der Waals surface area contributed by atoms with Gasteiger partial charge in [-0.25, -0.2) is 8.78 Å². The Bertz CT molecular complexity index is 794. The third kappa shape index (κ3) is 2.27. The highest BCUT2D eigenvalue weighted by Crippen LogP contribution is 2.25. The Kier molecular flexibility index (Phi) is 2.98. The smallest absolute Gasteiger partial charge is 0.187 e. The minimum Gasteiger partial charge on any atom is -0.399 e. The van der Waals surface area contributed by atoms with Gasteiger partial charge in [0.25, 0.3) is 0 Å². The average molecular weight is 288 g/mol. The number of anilines is 2. The average Bonchev–Trinajstić information content (AvgIpc) is 2.90. The van der Waals surface area contributed by atoms with Crippen molar-refractivity contribution < 1.29 is 8.78 Å². The van der Waals surface area contributed by atoms with Gasteiger partial charge in [-0.1, -0.05) is 6.07 Å². The van der Waals surface area contributed by atoms with Crippen LogP contribution in [-0.2, 0) is 0 Å². The minimum absolute atomic E-state index is 0.101. The highest BCUT2D eigenvalue weighted by molar-refractivity contribution is 5.68. The van der Waals surface area contributed by atoms with Crippen molar-refractivity contribution in [2.24, 2.45) is 0 Å². The van der Waals surface area contributed by atoms with E-state index in [1.807, 2.05) is 0 Å². The van der Waals surface area contributed by atoms with Crippen LogP contribution in [0.3, 0.4) is 0 Å². The highest BCUT2D eigenvalue weighted by Gasteiger charge is 2.17. The molecule has 4 N–H and O–H groups in total. The normalized spacial score (nSPS) is 10.8. The van der Waals surface area contributed by atoms with Crippen LogP contribution >= 0.6 is 0 Å². The molecule has 6 nitrogen and oxygen atoms in total. The summed E-state index contributed by atoms with van der Waals surface area (Å²) < 4.78 is 28.3. The van der Waals surface area contributed by atoms with E-state index in [-0.39, 0.29) is 11.5 Å². The van der Waals surface area contributed by atoms with E-state index in [0.29, 0.717) is 16.9 Å². The second-order valence-electron chi connectivity index (χ2n) is 4.38. The largest absolute Gasteiger partial charge is 0.399 e. The van der Waals surface area contributed by atoms with Gasteiger partial charge in [-0.05, 0) is 40.8 Å². The summed E-state index contributed by atoms with van der Waals surface area (Å²) in [6, 6.07) is 8.51. The van der Waals surface area contributed by atoms with Crippen molar-refractivity contribution in [2.75, 3.05) is 11.5 Å². The highest BCUT2D eigenvalue weighted by atomic mass is 19.2. The summed E-state index contributed by atoms with van der Waals surface area (Å²) in [7, 11) is 0. The Labute approximate surface area is 118 Å². The first-order valence-electron chi connectivity index (χ1n) is 5.95. The number of benzene rings is 2. The summed E-state index contributed by atoms with van der Waals surface area (Å²) in [4.78, 5) is 0. The van der Waals surface area contributed by atoms with Gasteiger partial charge < -0.3 is 11.5 Å². The summed E-state index contributed by atoms with van der Waals surface area (Å²) in [6.45, 7) is 0. The number of hydrogen-bond acceptors (Lipinski definition) is 5. The van der Waals surface area contributed by atoms with E-state index in [1.54, 1.807) is 18.2 Å². The lowest BCUT2D eigenvalue weighted by atomic mass is 10.1. The molecule has 0 saturated heterocycles. The number of nitrogens with two attached hydrogens (primary N) is 2. The zero-order valence-corrected chi connectivity index (χ0v) is 10.7. The molecule has 0 aliphatic carbocycles. The molecule has 106 valence electrons. The number of rotatable bonds is 2. The molecule has 2 aromatic carbocycles. The third-order valence-corrected chi connectivity index (χ3v) is 2.86. The maximum atomic E-state index is 13.9. The first-order chi connectivity index (χ1) is 10.1. The Balaban J connectivity index is 2.19. The van der Waals surface area contributed by atoms with Gasteiger partial charge in [0.2, 0.25) is 0 Å². The van der Waals surface area contributed by atoms with E-state index >= 15 is 0 Å². The first kappa shape index (κ1) is 13.0. The summed E-state index contributed by atoms with van der Waals surface area (Å²) in [6.07, 6.45) is 0. The molecule has 3 aromatic rings. The molecule has 8 heteroatoms. The van der Waals surface area contributed by atoms with Crippen LogP contribution < -0.4 is 11.5 Å². The molecule has 0 aliphatic rings. The summed E-state index contributed by atoms with van der Waals surface area (Å²) in [5.41, 5.74) is 12.7. The Morgan fingerprint density at radius 1 is 1.00 bits per heavy atom. The Morgan fingerprint density at radius 2 is 1.71 bits per heavy atom. The van der Waals surface area contributed by atoms with Crippen LogP contribution in [0.1, 0.15) is 0 Å². The van der Waals surface area contributed by atoms with Crippen molar-refractivity contribution in [3.63, 3.8) is 0 Å². The molecule has 0 aliphatic heterocycles. The van der Waals surface area contributed by atoms with E-state index in [9.17, 15) is 8.78 Å². The minimum atomic E-state index is -1.04. The Hall–Kier alpha value is -3.03. The predicted octanol–water partition coefficient (Wildman–Crippen LogP) is 1.77. The number of aromatic nitrogens is 4. The van der Waals surface area contributed by atoms with Crippen LogP contribution in [0.25, 0.3) is 17.1 Å². The van der Waals surface area contributed by atoms with Crippen molar-refractivity contribution in [2.45, 2.75) is 0 Å². The van der Waals surface area contributed by atoms with E-state index < -0.39 is 11.6 Å². The van der Waals surface area contributed by atoms with Crippen molar-refractivity contribution in [1.82, 2.24) is 20.2 Å². The van der Waals surface area contributed by atoms with E-state index in [1.165, 1.54) is 12.1 Å². The van der Waals surface area contributed by atoms with Crippen molar-refractivity contribution in [3.05, 3.63) is 48.0 Å². The van der Waals surface area contributed by atoms with Gasteiger partial charge in [-0.15, -0.1) is 5.10 Å². The van der Waals surface area contributed by atoms with Crippen LogP contribution in [0.2, 0.25) is 0 Å². The van der Waals surface area contributed by atoms with Gasteiger partial charge in [-0.3, -0.25) is 0 Å². The van der Waals surface area contributed by atoms with Gasteiger partial charge in [0.1, 0.15) is 5.69 Å². The van der Waals surface area contributed by atoms with Gasteiger partial charge in [-0.2, -0.15) is 4.68 Å². The molecule has 0 spiro atoms.